The highest BCUT2D eigenvalue weighted by Crippen LogP contribution is 2.31. The molecule has 6 nitrogen and oxygen atoms in total. The number of unbranched alkanes of at least 4 members (excludes halogenated alkanes) is 1. The fourth-order valence-electron chi connectivity index (χ4n) is 6.72. The molecule has 2 aliphatic rings. The van der Waals surface area contributed by atoms with Crippen LogP contribution in [-0.2, 0) is 9.53 Å². The molecular formula is C35H49Cl2N3O3. The van der Waals surface area contributed by atoms with E-state index in [9.17, 15) is 9.59 Å². The van der Waals surface area contributed by atoms with Gasteiger partial charge in [0.15, 0.2) is 0 Å². The summed E-state index contributed by atoms with van der Waals surface area (Å²) in [6, 6.07) is 15.6. The van der Waals surface area contributed by atoms with Gasteiger partial charge in [-0.25, -0.2) is 0 Å². The lowest BCUT2D eigenvalue weighted by Crippen LogP contribution is -2.50. The average Bonchev–Trinajstić information content (AvgIpc) is 3.05. The molecule has 0 radical (unpaired) electrons. The van der Waals surface area contributed by atoms with Gasteiger partial charge in [-0.05, 0) is 81.3 Å². The molecule has 2 amide bonds. The topological polar surface area (TPSA) is 53.1 Å². The summed E-state index contributed by atoms with van der Waals surface area (Å²) in [5, 5.41) is 1.07. The van der Waals surface area contributed by atoms with Gasteiger partial charge in [-0.3, -0.25) is 9.59 Å². The highest BCUT2D eigenvalue weighted by molar-refractivity contribution is 6.42. The quantitative estimate of drug-likeness (QED) is 0.203. The molecule has 1 saturated heterocycles. The molecule has 1 saturated carbocycles. The molecule has 8 heteroatoms. The van der Waals surface area contributed by atoms with E-state index in [1.165, 1.54) is 19.3 Å². The Morgan fingerprint density at radius 3 is 2.35 bits per heavy atom. The predicted molar refractivity (Wildman–Crippen MR) is 176 cm³/mol. The lowest BCUT2D eigenvalue weighted by Gasteiger charge is -2.41. The first kappa shape index (κ1) is 33.8. The molecule has 1 heterocycles. The Morgan fingerprint density at radius 2 is 1.67 bits per heavy atom. The number of piperidine rings is 1. The maximum atomic E-state index is 13.7. The number of carbonyl (C=O) groups excluding carboxylic acids is 2. The fourth-order valence-corrected chi connectivity index (χ4v) is 7.03. The number of ether oxygens (including phenoxy) is 1. The number of halogens is 2. The number of likely N-dealkylation sites (tertiary alicyclic amines) is 1. The zero-order valence-corrected chi connectivity index (χ0v) is 27.5. The molecule has 2 aromatic carbocycles. The summed E-state index contributed by atoms with van der Waals surface area (Å²) in [7, 11) is 3.61. The zero-order valence-electron chi connectivity index (χ0n) is 26.0. The van der Waals surface area contributed by atoms with E-state index < -0.39 is 0 Å². The maximum absolute atomic E-state index is 13.7. The number of hydrogen-bond acceptors (Lipinski definition) is 4. The van der Waals surface area contributed by atoms with E-state index in [1.807, 2.05) is 60.5 Å². The molecule has 1 aliphatic heterocycles. The first-order valence-corrected chi connectivity index (χ1v) is 16.9. The van der Waals surface area contributed by atoms with Crippen LogP contribution in [0.2, 0.25) is 10.0 Å². The van der Waals surface area contributed by atoms with Crippen molar-refractivity contribution in [3.8, 4) is 0 Å². The SMILES string of the molecule is COCCCCN(C(=O)C1CCCCC1)C1CCN(CCC(CN(C)C(=O)c2ccccc2)c2ccc(Cl)c(Cl)c2)CC1. The lowest BCUT2D eigenvalue weighted by molar-refractivity contribution is -0.140. The van der Waals surface area contributed by atoms with E-state index >= 15 is 0 Å². The fraction of sp³-hybridized carbons (Fsp3) is 0.600. The Bertz CT molecular complexity index is 1150. The van der Waals surface area contributed by atoms with Crippen molar-refractivity contribution in [1.82, 2.24) is 14.7 Å². The molecule has 0 spiro atoms. The summed E-state index contributed by atoms with van der Waals surface area (Å²) in [6.45, 7) is 5.05. The van der Waals surface area contributed by atoms with Gasteiger partial charge in [-0.2, -0.15) is 0 Å². The van der Waals surface area contributed by atoms with Gasteiger partial charge in [0.05, 0.1) is 10.0 Å². The standard InChI is InChI=1S/C35H49Cl2N3O3/c1-38(34(41)27-11-5-3-6-12-27)26-30(29-15-16-32(36)33(37)25-29)17-21-39-22-18-31(19-23-39)40(20-9-10-24-43-2)35(42)28-13-7-4-8-14-28/h3,5-6,11-12,15-16,25,28,30-31H,4,7-10,13-14,17-24,26H2,1-2H3. The number of hydrogen-bond donors (Lipinski definition) is 0. The number of nitrogens with zero attached hydrogens (tertiary/aromatic N) is 3. The molecule has 236 valence electrons. The van der Waals surface area contributed by atoms with E-state index in [1.54, 1.807) is 7.11 Å². The summed E-state index contributed by atoms with van der Waals surface area (Å²) in [6.07, 6.45) is 10.6. The molecule has 0 aromatic heterocycles. The first-order valence-electron chi connectivity index (χ1n) is 16.1. The summed E-state index contributed by atoms with van der Waals surface area (Å²) >= 11 is 12.7. The van der Waals surface area contributed by atoms with Crippen molar-refractivity contribution in [2.24, 2.45) is 5.92 Å². The van der Waals surface area contributed by atoms with Crippen molar-refractivity contribution < 1.29 is 14.3 Å². The van der Waals surface area contributed by atoms with Gasteiger partial charge in [0, 0.05) is 70.4 Å². The van der Waals surface area contributed by atoms with Crippen LogP contribution in [-0.4, -0.2) is 86.0 Å². The van der Waals surface area contributed by atoms with Crippen molar-refractivity contribution in [2.75, 3.05) is 53.5 Å². The van der Waals surface area contributed by atoms with Crippen LogP contribution in [0.1, 0.15) is 86.0 Å². The Hall–Kier alpha value is -2.12. The molecule has 1 atom stereocenters. The predicted octanol–water partition coefficient (Wildman–Crippen LogP) is 7.54. The molecule has 2 aromatic rings. The maximum Gasteiger partial charge on any atom is 0.253 e. The van der Waals surface area contributed by atoms with Gasteiger partial charge in [0.2, 0.25) is 5.91 Å². The highest BCUT2D eigenvalue weighted by Gasteiger charge is 2.32. The summed E-state index contributed by atoms with van der Waals surface area (Å²) in [5.41, 5.74) is 1.78. The van der Waals surface area contributed by atoms with Gasteiger partial charge < -0.3 is 19.4 Å². The van der Waals surface area contributed by atoms with E-state index in [2.05, 4.69) is 9.80 Å². The monoisotopic (exact) mass is 629 g/mol. The Labute approximate surface area is 268 Å². The van der Waals surface area contributed by atoms with Crippen LogP contribution >= 0.6 is 23.2 Å². The van der Waals surface area contributed by atoms with Crippen LogP contribution in [0.5, 0.6) is 0 Å². The number of carbonyl (C=O) groups is 2. The largest absolute Gasteiger partial charge is 0.385 e. The number of rotatable bonds is 14. The second kappa shape index (κ2) is 17.4. The van der Waals surface area contributed by atoms with Crippen LogP contribution in [0, 0.1) is 5.92 Å². The smallest absolute Gasteiger partial charge is 0.253 e. The number of benzene rings is 2. The average molecular weight is 631 g/mol. The number of methoxy groups -OCH3 is 1. The van der Waals surface area contributed by atoms with Crippen molar-refractivity contribution in [2.45, 2.75) is 76.2 Å². The molecule has 43 heavy (non-hydrogen) atoms. The number of likely N-dealkylation sites (N-methyl/N-ethyl adjacent to an activating group) is 1. The first-order chi connectivity index (χ1) is 20.9. The van der Waals surface area contributed by atoms with Crippen LogP contribution in [0.4, 0.5) is 0 Å². The Kier molecular flexibility index (Phi) is 13.7. The van der Waals surface area contributed by atoms with E-state index in [4.69, 9.17) is 27.9 Å². The second-order valence-corrected chi connectivity index (χ2v) is 13.2. The molecular weight excluding hydrogens is 581 g/mol. The summed E-state index contributed by atoms with van der Waals surface area (Å²) < 4.78 is 5.26. The van der Waals surface area contributed by atoms with Crippen molar-refractivity contribution in [3.05, 3.63) is 69.7 Å². The van der Waals surface area contributed by atoms with Gasteiger partial charge >= 0.3 is 0 Å². The van der Waals surface area contributed by atoms with Crippen molar-refractivity contribution >= 4 is 35.0 Å². The number of amides is 2. The van der Waals surface area contributed by atoms with Crippen LogP contribution in [0.15, 0.2) is 48.5 Å². The van der Waals surface area contributed by atoms with Gasteiger partial charge in [-0.1, -0.05) is 66.7 Å². The molecule has 0 N–H and O–H groups in total. The summed E-state index contributed by atoms with van der Waals surface area (Å²) in [4.78, 5) is 33.4. The van der Waals surface area contributed by atoms with Crippen LogP contribution in [0.3, 0.4) is 0 Å². The van der Waals surface area contributed by atoms with Crippen LogP contribution in [0.25, 0.3) is 0 Å². The third kappa shape index (κ3) is 9.94. The lowest BCUT2D eigenvalue weighted by atomic mass is 9.87. The second-order valence-electron chi connectivity index (χ2n) is 12.4. The molecule has 2 fully saturated rings. The third-order valence-corrected chi connectivity index (χ3v) is 10.0. The summed E-state index contributed by atoms with van der Waals surface area (Å²) in [5.74, 6) is 0.730. The minimum absolute atomic E-state index is 0.0136. The molecule has 0 bridgehead atoms. The van der Waals surface area contributed by atoms with Gasteiger partial charge in [-0.15, -0.1) is 0 Å². The van der Waals surface area contributed by atoms with Gasteiger partial charge in [0.1, 0.15) is 0 Å². The molecule has 1 aliphatic carbocycles. The van der Waals surface area contributed by atoms with Crippen molar-refractivity contribution in [1.29, 1.82) is 0 Å². The normalized spacial score (nSPS) is 17.5. The Morgan fingerprint density at radius 1 is 0.953 bits per heavy atom. The Balaban J connectivity index is 1.37. The zero-order chi connectivity index (χ0) is 30.6. The highest BCUT2D eigenvalue weighted by atomic mass is 35.5. The van der Waals surface area contributed by atoms with E-state index in [0.717, 1.165) is 83.3 Å². The third-order valence-electron chi connectivity index (χ3n) is 9.30. The van der Waals surface area contributed by atoms with E-state index in [-0.39, 0.29) is 17.7 Å². The van der Waals surface area contributed by atoms with Gasteiger partial charge in [0.25, 0.3) is 5.91 Å². The minimum Gasteiger partial charge on any atom is -0.385 e. The molecule has 1 unspecified atom stereocenters. The molecule has 4 rings (SSSR count). The van der Waals surface area contributed by atoms with Crippen molar-refractivity contribution in [3.63, 3.8) is 0 Å². The van der Waals surface area contributed by atoms with E-state index in [0.29, 0.717) is 34.1 Å². The minimum atomic E-state index is 0.0136. The van der Waals surface area contributed by atoms with Crippen LogP contribution < -0.4 is 0 Å².